The number of halogens is 1. The van der Waals surface area contributed by atoms with E-state index in [1.807, 2.05) is 12.1 Å². The Labute approximate surface area is 122 Å². The molecule has 0 heterocycles. The monoisotopic (exact) mass is 330 g/mol. The van der Waals surface area contributed by atoms with Crippen molar-refractivity contribution in [3.05, 3.63) is 34.9 Å². The van der Waals surface area contributed by atoms with Crippen LogP contribution in [0.4, 0.5) is 0 Å². The Morgan fingerprint density at radius 3 is 2.58 bits per heavy atom. The molecule has 0 saturated carbocycles. The molecular formula is C14H19BrO4. The van der Waals surface area contributed by atoms with Crippen molar-refractivity contribution in [1.29, 1.82) is 0 Å². The van der Waals surface area contributed by atoms with Crippen LogP contribution in [0.3, 0.4) is 0 Å². The molecule has 0 N–H and O–H groups in total. The highest BCUT2D eigenvalue weighted by Crippen LogP contribution is 2.15. The van der Waals surface area contributed by atoms with Gasteiger partial charge in [-0.3, -0.25) is 0 Å². The highest BCUT2D eigenvalue weighted by Gasteiger charge is 2.09. The second-order valence-electron chi connectivity index (χ2n) is 3.94. The zero-order chi connectivity index (χ0) is 14.1. The lowest BCUT2D eigenvalue weighted by atomic mass is 10.1. The number of carbonyl (C=O) groups is 1. The van der Waals surface area contributed by atoms with Gasteiger partial charge in [0.15, 0.2) is 0 Å². The number of ether oxygens (including phenoxy) is 3. The number of hydrogen-bond acceptors (Lipinski definition) is 4. The Bertz CT molecular complexity index is 406. The Morgan fingerprint density at radius 2 is 1.95 bits per heavy atom. The second-order valence-corrected chi connectivity index (χ2v) is 4.50. The molecule has 0 radical (unpaired) electrons. The van der Waals surface area contributed by atoms with Crippen LogP contribution < -0.4 is 0 Å². The van der Waals surface area contributed by atoms with Crippen LogP contribution in [-0.4, -0.2) is 32.9 Å². The minimum absolute atomic E-state index is 0.302. The summed E-state index contributed by atoms with van der Waals surface area (Å²) < 4.78 is 15.4. The second kappa shape index (κ2) is 9.07. The van der Waals surface area contributed by atoms with Crippen LogP contribution in [0.25, 0.3) is 0 Å². The molecule has 0 aliphatic carbocycles. The minimum Gasteiger partial charge on any atom is -0.462 e. The summed E-state index contributed by atoms with van der Waals surface area (Å²) in [6.45, 7) is 3.71. The zero-order valence-corrected chi connectivity index (χ0v) is 12.9. The highest BCUT2D eigenvalue weighted by molar-refractivity contribution is 9.08. The smallest absolute Gasteiger partial charge is 0.338 e. The Morgan fingerprint density at radius 1 is 1.21 bits per heavy atom. The first-order valence-corrected chi connectivity index (χ1v) is 7.26. The van der Waals surface area contributed by atoms with E-state index in [4.69, 9.17) is 14.2 Å². The maximum absolute atomic E-state index is 11.7. The van der Waals surface area contributed by atoms with Gasteiger partial charge in [-0.25, -0.2) is 4.79 Å². The van der Waals surface area contributed by atoms with Crippen molar-refractivity contribution in [2.75, 3.05) is 26.9 Å². The molecule has 1 aromatic carbocycles. The lowest BCUT2D eigenvalue weighted by Crippen LogP contribution is -2.07. The van der Waals surface area contributed by atoms with Crippen molar-refractivity contribution < 1.29 is 19.0 Å². The van der Waals surface area contributed by atoms with E-state index in [1.54, 1.807) is 20.1 Å². The van der Waals surface area contributed by atoms with Gasteiger partial charge in [-0.2, -0.15) is 0 Å². The molecule has 0 amide bonds. The molecule has 0 saturated heterocycles. The molecule has 5 heteroatoms. The summed E-state index contributed by atoms with van der Waals surface area (Å²) >= 11 is 3.39. The topological polar surface area (TPSA) is 44.8 Å². The van der Waals surface area contributed by atoms with Gasteiger partial charge in [-0.05, 0) is 30.2 Å². The van der Waals surface area contributed by atoms with E-state index in [0.29, 0.717) is 37.3 Å². The van der Waals surface area contributed by atoms with E-state index < -0.39 is 0 Å². The van der Waals surface area contributed by atoms with E-state index in [1.165, 1.54) is 0 Å². The van der Waals surface area contributed by atoms with E-state index >= 15 is 0 Å². The van der Waals surface area contributed by atoms with E-state index in [2.05, 4.69) is 15.9 Å². The number of carbonyl (C=O) groups excluding carboxylic acids is 1. The molecule has 19 heavy (non-hydrogen) atoms. The van der Waals surface area contributed by atoms with Crippen molar-refractivity contribution in [3.8, 4) is 0 Å². The van der Waals surface area contributed by atoms with E-state index in [-0.39, 0.29) is 5.97 Å². The molecule has 1 aromatic rings. The van der Waals surface area contributed by atoms with Gasteiger partial charge >= 0.3 is 5.97 Å². The van der Waals surface area contributed by atoms with Crippen molar-refractivity contribution in [3.63, 3.8) is 0 Å². The summed E-state index contributed by atoms with van der Waals surface area (Å²) in [5, 5.41) is 0.686. The first-order chi connectivity index (χ1) is 9.21. The fourth-order valence-electron chi connectivity index (χ4n) is 1.59. The van der Waals surface area contributed by atoms with E-state index in [9.17, 15) is 4.79 Å². The summed E-state index contributed by atoms with van der Waals surface area (Å²) in [4.78, 5) is 11.7. The van der Waals surface area contributed by atoms with E-state index in [0.717, 1.165) is 11.1 Å². The SMILES string of the molecule is CCOC(=O)c1cc(CBr)cc(COCCOC)c1. The average Bonchev–Trinajstić information content (AvgIpc) is 2.43. The molecule has 0 fully saturated rings. The number of benzene rings is 1. The number of esters is 1. The van der Waals surface area contributed by atoms with Crippen molar-refractivity contribution in [2.45, 2.75) is 18.9 Å². The summed E-state index contributed by atoms with van der Waals surface area (Å²) in [5.41, 5.74) is 2.54. The van der Waals surface area contributed by atoms with Gasteiger partial charge in [-0.1, -0.05) is 22.0 Å². The van der Waals surface area contributed by atoms with Crippen LogP contribution in [-0.2, 0) is 26.1 Å². The maximum atomic E-state index is 11.7. The van der Waals surface area contributed by atoms with Crippen molar-refractivity contribution in [1.82, 2.24) is 0 Å². The fraction of sp³-hybridized carbons (Fsp3) is 0.500. The fourth-order valence-corrected chi connectivity index (χ4v) is 1.91. The molecular weight excluding hydrogens is 312 g/mol. The quantitative estimate of drug-likeness (QED) is 0.417. The summed E-state index contributed by atoms with van der Waals surface area (Å²) in [7, 11) is 1.63. The van der Waals surface area contributed by atoms with Crippen LogP contribution in [0, 0.1) is 0 Å². The molecule has 1 rings (SSSR count). The molecule has 4 nitrogen and oxygen atoms in total. The number of rotatable bonds is 8. The third-order valence-electron chi connectivity index (χ3n) is 2.42. The predicted molar refractivity (Wildman–Crippen MR) is 76.6 cm³/mol. The standard InChI is InChI=1S/C14H19BrO4/c1-3-19-14(16)13-7-11(9-15)6-12(8-13)10-18-5-4-17-2/h6-8H,3-5,9-10H2,1-2H3. The molecule has 106 valence electrons. The Balaban J connectivity index is 2.74. The third kappa shape index (κ3) is 5.72. The number of alkyl halides is 1. The summed E-state index contributed by atoms with van der Waals surface area (Å²) in [6, 6.07) is 5.63. The molecule has 0 unspecified atom stereocenters. The van der Waals surface area contributed by atoms with Crippen molar-refractivity contribution >= 4 is 21.9 Å². The zero-order valence-electron chi connectivity index (χ0n) is 11.3. The van der Waals surface area contributed by atoms with Gasteiger partial charge in [0.1, 0.15) is 0 Å². The third-order valence-corrected chi connectivity index (χ3v) is 3.07. The minimum atomic E-state index is -0.302. The molecule has 0 aliphatic heterocycles. The molecule has 0 aromatic heterocycles. The molecule has 0 aliphatic rings. The first-order valence-electron chi connectivity index (χ1n) is 6.13. The van der Waals surface area contributed by atoms with Gasteiger partial charge < -0.3 is 14.2 Å². The van der Waals surface area contributed by atoms with Crippen LogP contribution in [0.2, 0.25) is 0 Å². The first kappa shape index (κ1) is 16.1. The van der Waals surface area contributed by atoms with Crippen LogP contribution in [0.15, 0.2) is 18.2 Å². The average molecular weight is 331 g/mol. The maximum Gasteiger partial charge on any atom is 0.338 e. The Kier molecular flexibility index (Phi) is 7.70. The largest absolute Gasteiger partial charge is 0.462 e. The summed E-state index contributed by atoms with van der Waals surface area (Å²) in [5.74, 6) is -0.302. The number of hydrogen-bond donors (Lipinski definition) is 0. The molecule has 0 bridgehead atoms. The molecule has 0 spiro atoms. The highest BCUT2D eigenvalue weighted by atomic mass is 79.9. The van der Waals surface area contributed by atoms with Crippen LogP contribution in [0.5, 0.6) is 0 Å². The number of methoxy groups -OCH3 is 1. The lowest BCUT2D eigenvalue weighted by molar-refractivity contribution is 0.0523. The van der Waals surface area contributed by atoms with Gasteiger partial charge in [0, 0.05) is 12.4 Å². The van der Waals surface area contributed by atoms with Gasteiger partial charge in [0.25, 0.3) is 0 Å². The predicted octanol–water partition coefficient (Wildman–Crippen LogP) is 2.92. The van der Waals surface area contributed by atoms with Crippen LogP contribution >= 0.6 is 15.9 Å². The Hall–Kier alpha value is -0.910. The molecule has 0 atom stereocenters. The summed E-state index contributed by atoms with van der Waals surface area (Å²) in [6.07, 6.45) is 0. The lowest BCUT2D eigenvalue weighted by Gasteiger charge is -2.09. The van der Waals surface area contributed by atoms with Crippen LogP contribution in [0.1, 0.15) is 28.4 Å². The van der Waals surface area contributed by atoms with Gasteiger partial charge in [0.2, 0.25) is 0 Å². The normalized spacial score (nSPS) is 10.5. The van der Waals surface area contributed by atoms with Gasteiger partial charge in [0.05, 0.1) is 32.0 Å². The van der Waals surface area contributed by atoms with Gasteiger partial charge in [-0.15, -0.1) is 0 Å². The van der Waals surface area contributed by atoms with Crippen molar-refractivity contribution in [2.24, 2.45) is 0 Å².